The lowest BCUT2D eigenvalue weighted by molar-refractivity contribution is 0.199. The molecule has 1 aromatic carbocycles. The molecule has 0 saturated heterocycles. The molecule has 2 heteroatoms. The van der Waals surface area contributed by atoms with Gasteiger partial charge in [0.15, 0.2) is 0 Å². The highest BCUT2D eigenvalue weighted by Gasteiger charge is 2.26. The van der Waals surface area contributed by atoms with Crippen LogP contribution in [0.25, 0.3) is 0 Å². The fourth-order valence-corrected chi connectivity index (χ4v) is 1.79. The van der Waals surface area contributed by atoms with Gasteiger partial charge in [0, 0.05) is 12.5 Å². The second-order valence-electron chi connectivity index (χ2n) is 3.66. The Balaban J connectivity index is 2.07. The van der Waals surface area contributed by atoms with Crippen LogP contribution in [0.3, 0.4) is 0 Å². The number of ether oxygens (including phenoxy) is 1. The van der Waals surface area contributed by atoms with Crippen molar-refractivity contribution in [2.75, 3.05) is 0 Å². The van der Waals surface area contributed by atoms with Gasteiger partial charge in [-0.05, 0) is 18.1 Å². The summed E-state index contributed by atoms with van der Waals surface area (Å²) in [4.78, 5) is 0. The molecule has 0 saturated carbocycles. The largest absolute Gasteiger partial charge is 0.488 e. The first kappa shape index (κ1) is 9.28. The minimum absolute atomic E-state index is 0.0555. The van der Waals surface area contributed by atoms with Crippen LogP contribution in [0.15, 0.2) is 36.9 Å². The molecule has 1 aliphatic heterocycles. The molecule has 0 amide bonds. The summed E-state index contributed by atoms with van der Waals surface area (Å²) in [5.74, 6) is 0.983. The normalized spacial score (nSPS) is 21.1. The van der Waals surface area contributed by atoms with Crippen molar-refractivity contribution < 1.29 is 4.74 Å². The van der Waals surface area contributed by atoms with Crippen LogP contribution in [0.4, 0.5) is 0 Å². The van der Waals surface area contributed by atoms with Gasteiger partial charge < -0.3 is 10.5 Å². The van der Waals surface area contributed by atoms with E-state index in [0.717, 1.165) is 18.6 Å². The topological polar surface area (TPSA) is 35.2 Å². The maximum atomic E-state index is 5.97. The summed E-state index contributed by atoms with van der Waals surface area (Å²) in [7, 11) is 0. The molecule has 0 radical (unpaired) electrons. The predicted molar refractivity (Wildman–Crippen MR) is 57.4 cm³/mol. The lowest BCUT2D eigenvalue weighted by Gasteiger charge is -2.17. The zero-order valence-electron chi connectivity index (χ0n) is 8.15. The Morgan fingerprint density at radius 1 is 1.57 bits per heavy atom. The Kier molecular flexibility index (Phi) is 2.55. The molecule has 74 valence electrons. The van der Waals surface area contributed by atoms with Gasteiger partial charge in [-0.15, -0.1) is 6.58 Å². The van der Waals surface area contributed by atoms with Crippen molar-refractivity contribution in [2.24, 2.45) is 5.73 Å². The second kappa shape index (κ2) is 3.84. The number of hydrogen-bond donors (Lipinski definition) is 1. The minimum atomic E-state index is 0.0555. The fraction of sp³-hybridized carbons (Fsp3) is 0.333. The monoisotopic (exact) mass is 189 g/mol. The highest BCUT2D eigenvalue weighted by molar-refractivity contribution is 5.37. The van der Waals surface area contributed by atoms with Gasteiger partial charge in [0.2, 0.25) is 0 Å². The first-order valence-corrected chi connectivity index (χ1v) is 4.92. The average molecular weight is 189 g/mol. The van der Waals surface area contributed by atoms with E-state index in [1.165, 1.54) is 5.56 Å². The van der Waals surface area contributed by atoms with Crippen LogP contribution in [0.2, 0.25) is 0 Å². The van der Waals surface area contributed by atoms with E-state index in [2.05, 4.69) is 12.6 Å². The van der Waals surface area contributed by atoms with Crippen LogP contribution >= 0.6 is 0 Å². The van der Waals surface area contributed by atoms with E-state index in [4.69, 9.17) is 10.5 Å². The zero-order chi connectivity index (χ0) is 9.97. The Morgan fingerprint density at radius 3 is 3.07 bits per heavy atom. The molecular formula is C12H15NO. The van der Waals surface area contributed by atoms with E-state index >= 15 is 0 Å². The quantitative estimate of drug-likeness (QED) is 0.737. The molecule has 2 unspecified atom stereocenters. The summed E-state index contributed by atoms with van der Waals surface area (Å²) in [6.07, 6.45) is 3.69. The molecule has 2 atom stereocenters. The Labute approximate surface area is 84.4 Å². The lowest BCUT2D eigenvalue weighted by atomic mass is 10.0. The zero-order valence-corrected chi connectivity index (χ0v) is 8.15. The summed E-state index contributed by atoms with van der Waals surface area (Å²) in [6.45, 7) is 3.69. The maximum absolute atomic E-state index is 5.97. The minimum Gasteiger partial charge on any atom is -0.488 e. The van der Waals surface area contributed by atoms with Gasteiger partial charge in [0.25, 0.3) is 0 Å². The predicted octanol–water partition coefficient (Wildman–Crippen LogP) is 1.89. The van der Waals surface area contributed by atoms with Crippen molar-refractivity contribution in [1.29, 1.82) is 0 Å². The molecule has 0 aromatic heterocycles. The molecule has 0 fully saturated rings. The number of nitrogens with two attached hydrogens (primary N) is 1. The summed E-state index contributed by atoms with van der Waals surface area (Å²) < 4.78 is 5.75. The summed E-state index contributed by atoms with van der Waals surface area (Å²) in [6, 6.07) is 8.16. The van der Waals surface area contributed by atoms with Crippen LogP contribution in [0.5, 0.6) is 5.75 Å². The molecule has 1 aliphatic rings. The van der Waals surface area contributed by atoms with Gasteiger partial charge in [-0.25, -0.2) is 0 Å². The van der Waals surface area contributed by atoms with Crippen molar-refractivity contribution in [3.63, 3.8) is 0 Å². The van der Waals surface area contributed by atoms with E-state index in [0.29, 0.717) is 0 Å². The molecule has 2 rings (SSSR count). The fourth-order valence-electron chi connectivity index (χ4n) is 1.79. The van der Waals surface area contributed by atoms with Gasteiger partial charge in [-0.3, -0.25) is 0 Å². The van der Waals surface area contributed by atoms with Crippen LogP contribution in [-0.4, -0.2) is 12.1 Å². The molecule has 0 bridgehead atoms. The molecule has 1 aromatic rings. The van der Waals surface area contributed by atoms with Gasteiger partial charge in [-0.2, -0.15) is 0 Å². The number of hydrogen-bond acceptors (Lipinski definition) is 2. The summed E-state index contributed by atoms with van der Waals surface area (Å²) >= 11 is 0. The lowest BCUT2D eigenvalue weighted by Crippen LogP contribution is -2.37. The van der Waals surface area contributed by atoms with Crippen LogP contribution in [0.1, 0.15) is 12.0 Å². The SMILES string of the molecule is C=CCC(N)C1Cc2ccccc2O1. The molecule has 2 N–H and O–H groups in total. The Hall–Kier alpha value is -1.28. The van der Waals surface area contributed by atoms with Crippen LogP contribution < -0.4 is 10.5 Å². The summed E-state index contributed by atoms with van der Waals surface area (Å²) in [5, 5.41) is 0. The van der Waals surface area contributed by atoms with Crippen molar-refractivity contribution >= 4 is 0 Å². The first-order chi connectivity index (χ1) is 6.81. The smallest absolute Gasteiger partial charge is 0.123 e. The van der Waals surface area contributed by atoms with E-state index in [1.54, 1.807) is 0 Å². The van der Waals surface area contributed by atoms with Gasteiger partial charge in [0.1, 0.15) is 11.9 Å². The van der Waals surface area contributed by atoms with Crippen molar-refractivity contribution in [1.82, 2.24) is 0 Å². The Morgan fingerprint density at radius 2 is 2.36 bits per heavy atom. The molecule has 0 aliphatic carbocycles. The number of benzene rings is 1. The van der Waals surface area contributed by atoms with Gasteiger partial charge >= 0.3 is 0 Å². The Bertz CT molecular complexity index is 310. The molecule has 1 heterocycles. The second-order valence-corrected chi connectivity index (χ2v) is 3.66. The van der Waals surface area contributed by atoms with Crippen molar-refractivity contribution in [2.45, 2.75) is 25.0 Å². The third-order valence-electron chi connectivity index (χ3n) is 2.59. The molecule has 0 spiro atoms. The third-order valence-corrected chi connectivity index (χ3v) is 2.59. The molecule has 14 heavy (non-hydrogen) atoms. The number of para-hydroxylation sites is 1. The van der Waals surface area contributed by atoms with Crippen LogP contribution in [-0.2, 0) is 6.42 Å². The number of rotatable bonds is 3. The first-order valence-electron chi connectivity index (χ1n) is 4.92. The standard InChI is InChI=1S/C12H15NO/c1-2-5-10(13)12-8-9-6-3-4-7-11(9)14-12/h2-4,6-7,10,12H,1,5,8,13H2. The van der Waals surface area contributed by atoms with Crippen LogP contribution in [0, 0.1) is 0 Å². The third kappa shape index (κ3) is 1.66. The van der Waals surface area contributed by atoms with E-state index < -0.39 is 0 Å². The van der Waals surface area contributed by atoms with Gasteiger partial charge in [0.05, 0.1) is 0 Å². The number of fused-ring (bicyclic) bond motifs is 1. The van der Waals surface area contributed by atoms with E-state index in [9.17, 15) is 0 Å². The maximum Gasteiger partial charge on any atom is 0.123 e. The average Bonchev–Trinajstić information content (AvgIpc) is 2.61. The van der Waals surface area contributed by atoms with E-state index in [-0.39, 0.29) is 12.1 Å². The highest BCUT2D eigenvalue weighted by Crippen LogP contribution is 2.29. The summed E-state index contributed by atoms with van der Waals surface area (Å²) in [5.41, 5.74) is 7.23. The van der Waals surface area contributed by atoms with Gasteiger partial charge in [-0.1, -0.05) is 24.3 Å². The van der Waals surface area contributed by atoms with Crippen molar-refractivity contribution in [3.8, 4) is 5.75 Å². The highest BCUT2D eigenvalue weighted by atomic mass is 16.5. The molecular weight excluding hydrogens is 174 g/mol. The molecule has 2 nitrogen and oxygen atoms in total. The van der Waals surface area contributed by atoms with Crippen molar-refractivity contribution in [3.05, 3.63) is 42.5 Å². The van der Waals surface area contributed by atoms with E-state index in [1.807, 2.05) is 24.3 Å².